The quantitative estimate of drug-likeness (QED) is 0.713. The molecule has 0 saturated carbocycles. The lowest BCUT2D eigenvalue weighted by Crippen LogP contribution is -2.41. The standard InChI is InChI=1S/C21H29N3O3S2/c1-4-6-18-19(5-2)28-21(22-18)23-20(25)16-11-13-24(14-12-16)29(26,27)17-9-7-15(3)8-10-17/h7-10,16H,4-6,11-14H2,1-3H3,(H,22,23,25). The highest BCUT2D eigenvalue weighted by Crippen LogP contribution is 2.28. The summed E-state index contributed by atoms with van der Waals surface area (Å²) in [6.07, 6.45) is 3.90. The summed E-state index contributed by atoms with van der Waals surface area (Å²) in [5.74, 6) is -0.250. The zero-order valence-electron chi connectivity index (χ0n) is 17.3. The van der Waals surface area contributed by atoms with Gasteiger partial charge in [0.2, 0.25) is 15.9 Å². The maximum absolute atomic E-state index is 12.8. The van der Waals surface area contributed by atoms with Gasteiger partial charge in [0.25, 0.3) is 0 Å². The predicted octanol–water partition coefficient (Wildman–Crippen LogP) is 4.01. The van der Waals surface area contributed by atoms with Gasteiger partial charge in [0.15, 0.2) is 5.13 Å². The number of nitrogens with zero attached hydrogens (tertiary/aromatic N) is 2. The van der Waals surface area contributed by atoms with Crippen molar-refractivity contribution in [1.82, 2.24) is 9.29 Å². The first-order valence-corrected chi connectivity index (χ1v) is 12.5. The van der Waals surface area contributed by atoms with E-state index >= 15 is 0 Å². The summed E-state index contributed by atoms with van der Waals surface area (Å²) in [6.45, 7) is 6.86. The number of benzene rings is 1. The molecule has 0 aliphatic carbocycles. The number of aromatic nitrogens is 1. The monoisotopic (exact) mass is 435 g/mol. The number of nitrogens with one attached hydrogen (secondary N) is 1. The van der Waals surface area contributed by atoms with Crippen LogP contribution in [0, 0.1) is 12.8 Å². The topological polar surface area (TPSA) is 79.4 Å². The van der Waals surface area contributed by atoms with Gasteiger partial charge in [0.1, 0.15) is 0 Å². The van der Waals surface area contributed by atoms with Crippen LogP contribution in [0.4, 0.5) is 5.13 Å². The minimum Gasteiger partial charge on any atom is -0.302 e. The van der Waals surface area contributed by atoms with Crippen molar-refractivity contribution in [3.05, 3.63) is 40.4 Å². The fourth-order valence-corrected chi connectivity index (χ4v) is 5.99. The molecule has 1 saturated heterocycles. The van der Waals surface area contributed by atoms with Crippen molar-refractivity contribution in [2.45, 2.75) is 57.8 Å². The fraction of sp³-hybridized carbons (Fsp3) is 0.524. The molecular weight excluding hydrogens is 406 g/mol. The summed E-state index contributed by atoms with van der Waals surface area (Å²) in [4.78, 5) is 18.8. The normalized spacial score (nSPS) is 16.1. The Morgan fingerprint density at radius 3 is 2.45 bits per heavy atom. The minimum absolute atomic E-state index is 0.0585. The molecule has 29 heavy (non-hydrogen) atoms. The molecule has 0 unspecified atom stereocenters. The van der Waals surface area contributed by atoms with Gasteiger partial charge in [0.05, 0.1) is 10.6 Å². The molecule has 0 radical (unpaired) electrons. The first-order valence-electron chi connectivity index (χ1n) is 10.2. The molecule has 2 aromatic rings. The molecule has 3 rings (SSSR count). The summed E-state index contributed by atoms with van der Waals surface area (Å²) in [5.41, 5.74) is 2.10. The van der Waals surface area contributed by atoms with Gasteiger partial charge in [-0.05, 0) is 44.7 Å². The summed E-state index contributed by atoms with van der Waals surface area (Å²) >= 11 is 1.55. The number of carbonyl (C=O) groups excluding carboxylic acids is 1. The van der Waals surface area contributed by atoms with E-state index in [1.165, 1.54) is 9.18 Å². The SMILES string of the molecule is CCCc1nc(NC(=O)C2CCN(S(=O)(=O)c3ccc(C)cc3)CC2)sc1CC. The molecule has 1 N–H and O–H groups in total. The van der Waals surface area contributed by atoms with Crippen molar-refractivity contribution in [2.75, 3.05) is 18.4 Å². The molecule has 158 valence electrons. The van der Waals surface area contributed by atoms with Gasteiger partial charge in [-0.3, -0.25) is 4.79 Å². The van der Waals surface area contributed by atoms with E-state index in [0.29, 0.717) is 36.0 Å². The van der Waals surface area contributed by atoms with Gasteiger partial charge in [-0.15, -0.1) is 11.3 Å². The second-order valence-corrected chi connectivity index (χ2v) is 10.5. The van der Waals surface area contributed by atoms with E-state index in [2.05, 4.69) is 24.1 Å². The number of carbonyl (C=O) groups is 1. The number of piperidine rings is 1. The number of hydrogen-bond donors (Lipinski definition) is 1. The van der Waals surface area contributed by atoms with Crippen molar-refractivity contribution in [1.29, 1.82) is 0 Å². The Labute approximate surface area is 177 Å². The van der Waals surface area contributed by atoms with Crippen LogP contribution in [0.2, 0.25) is 0 Å². The highest BCUT2D eigenvalue weighted by Gasteiger charge is 2.32. The number of anilines is 1. The Balaban J connectivity index is 1.60. The van der Waals surface area contributed by atoms with E-state index in [1.54, 1.807) is 35.6 Å². The molecular formula is C21H29N3O3S2. The molecule has 8 heteroatoms. The summed E-state index contributed by atoms with van der Waals surface area (Å²) < 4.78 is 27.1. The zero-order valence-corrected chi connectivity index (χ0v) is 18.9. The molecule has 1 aliphatic heterocycles. The Kier molecular flexibility index (Phi) is 7.08. The number of rotatable bonds is 7. The van der Waals surface area contributed by atoms with Crippen molar-refractivity contribution in [3.63, 3.8) is 0 Å². The van der Waals surface area contributed by atoms with E-state index < -0.39 is 10.0 Å². The largest absolute Gasteiger partial charge is 0.302 e. The van der Waals surface area contributed by atoms with E-state index in [4.69, 9.17) is 0 Å². The van der Waals surface area contributed by atoms with E-state index in [1.807, 2.05) is 6.92 Å². The molecule has 1 amide bonds. The van der Waals surface area contributed by atoms with Gasteiger partial charge in [-0.1, -0.05) is 38.0 Å². The van der Waals surface area contributed by atoms with Crippen LogP contribution >= 0.6 is 11.3 Å². The Hall–Kier alpha value is -1.77. The second kappa shape index (κ2) is 9.36. The van der Waals surface area contributed by atoms with Crippen LogP contribution < -0.4 is 5.32 Å². The molecule has 0 bridgehead atoms. The van der Waals surface area contributed by atoms with E-state index in [0.717, 1.165) is 30.5 Å². The highest BCUT2D eigenvalue weighted by atomic mass is 32.2. The number of hydrogen-bond acceptors (Lipinski definition) is 5. The molecule has 2 heterocycles. The summed E-state index contributed by atoms with van der Waals surface area (Å²) in [6, 6.07) is 6.90. The van der Waals surface area contributed by atoms with Gasteiger partial charge in [-0.25, -0.2) is 13.4 Å². The first-order chi connectivity index (χ1) is 13.8. The molecule has 1 aliphatic rings. The van der Waals surface area contributed by atoms with Crippen LogP contribution in [0.1, 0.15) is 49.2 Å². The van der Waals surface area contributed by atoms with Crippen LogP contribution in [0.15, 0.2) is 29.2 Å². The second-order valence-electron chi connectivity index (χ2n) is 7.47. The van der Waals surface area contributed by atoms with Crippen LogP contribution in [0.5, 0.6) is 0 Å². The molecule has 6 nitrogen and oxygen atoms in total. The first kappa shape index (κ1) is 21.9. The van der Waals surface area contributed by atoms with E-state index in [9.17, 15) is 13.2 Å². The fourth-order valence-electron chi connectivity index (χ4n) is 3.57. The molecule has 1 aromatic heterocycles. The predicted molar refractivity (Wildman–Crippen MR) is 117 cm³/mol. The zero-order chi connectivity index (χ0) is 21.0. The third kappa shape index (κ3) is 5.05. The van der Waals surface area contributed by atoms with E-state index in [-0.39, 0.29) is 11.8 Å². The highest BCUT2D eigenvalue weighted by molar-refractivity contribution is 7.89. The summed E-state index contributed by atoms with van der Waals surface area (Å²) in [5, 5.41) is 3.61. The molecule has 0 atom stereocenters. The average Bonchev–Trinajstić information content (AvgIpc) is 3.10. The van der Waals surface area contributed by atoms with Crippen molar-refractivity contribution < 1.29 is 13.2 Å². The Morgan fingerprint density at radius 2 is 1.86 bits per heavy atom. The van der Waals surface area contributed by atoms with Crippen LogP contribution in [0.3, 0.4) is 0 Å². The van der Waals surface area contributed by atoms with Gasteiger partial charge < -0.3 is 5.32 Å². The van der Waals surface area contributed by atoms with Crippen molar-refractivity contribution >= 4 is 32.4 Å². The Morgan fingerprint density at radius 1 is 1.21 bits per heavy atom. The average molecular weight is 436 g/mol. The van der Waals surface area contributed by atoms with Crippen LogP contribution in [-0.2, 0) is 27.7 Å². The molecule has 1 fully saturated rings. The number of aryl methyl sites for hydroxylation is 3. The smallest absolute Gasteiger partial charge is 0.243 e. The minimum atomic E-state index is -3.51. The lowest BCUT2D eigenvalue weighted by Gasteiger charge is -2.30. The van der Waals surface area contributed by atoms with Crippen molar-refractivity contribution in [3.8, 4) is 0 Å². The maximum Gasteiger partial charge on any atom is 0.243 e. The lowest BCUT2D eigenvalue weighted by atomic mass is 9.97. The molecule has 1 aromatic carbocycles. The lowest BCUT2D eigenvalue weighted by molar-refractivity contribution is -0.120. The van der Waals surface area contributed by atoms with Gasteiger partial charge >= 0.3 is 0 Å². The van der Waals surface area contributed by atoms with Gasteiger partial charge in [-0.2, -0.15) is 4.31 Å². The Bertz CT molecular complexity index is 944. The summed E-state index contributed by atoms with van der Waals surface area (Å²) in [7, 11) is -3.51. The van der Waals surface area contributed by atoms with Crippen LogP contribution in [-0.4, -0.2) is 36.7 Å². The van der Waals surface area contributed by atoms with Gasteiger partial charge in [0, 0.05) is 23.9 Å². The van der Waals surface area contributed by atoms with Crippen LogP contribution in [0.25, 0.3) is 0 Å². The molecule has 0 spiro atoms. The third-order valence-corrected chi connectivity index (χ3v) is 8.37. The van der Waals surface area contributed by atoms with Crippen molar-refractivity contribution in [2.24, 2.45) is 5.92 Å². The maximum atomic E-state index is 12.8. The third-order valence-electron chi connectivity index (χ3n) is 5.30. The number of sulfonamides is 1. The number of amides is 1. The number of thiazole rings is 1.